The van der Waals surface area contributed by atoms with E-state index in [9.17, 15) is 26.3 Å². The Morgan fingerprint density at radius 3 is 1.82 bits per heavy atom. The van der Waals surface area contributed by atoms with Crippen LogP contribution in [0, 0.1) is 0 Å². The van der Waals surface area contributed by atoms with Crippen LogP contribution in [-0.2, 0) is 19.0 Å². The Hall–Kier alpha value is -2.02. The number of rotatable bonds is 2. The summed E-state index contributed by atoms with van der Waals surface area (Å²) in [5.41, 5.74) is -1.95. The van der Waals surface area contributed by atoms with Crippen molar-refractivity contribution < 1.29 is 31.4 Å². The standard InChI is InChI=1S/C15H10F6O/c16-14(17,18)11-4-2-10(3-5-11)12-7-9(8-22)1-6-13(12)15(19,20)21/h1-7,22H,8H2. The van der Waals surface area contributed by atoms with Crippen molar-refractivity contribution in [2.45, 2.75) is 19.0 Å². The van der Waals surface area contributed by atoms with Gasteiger partial charge in [0.2, 0.25) is 0 Å². The lowest BCUT2D eigenvalue weighted by Crippen LogP contribution is -2.08. The Balaban J connectivity index is 2.55. The van der Waals surface area contributed by atoms with E-state index < -0.39 is 30.1 Å². The summed E-state index contributed by atoms with van der Waals surface area (Å²) in [6.45, 7) is -0.466. The zero-order valence-electron chi connectivity index (χ0n) is 11.0. The second kappa shape index (κ2) is 5.64. The quantitative estimate of drug-likeness (QED) is 0.782. The van der Waals surface area contributed by atoms with E-state index in [2.05, 4.69) is 0 Å². The Morgan fingerprint density at radius 2 is 1.36 bits per heavy atom. The van der Waals surface area contributed by atoms with Crippen molar-refractivity contribution in [3.8, 4) is 11.1 Å². The van der Waals surface area contributed by atoms with Crippen molar-refractivity contribution in [2.24, 2.45) is 0 Å². The molecule has 1 nitrogen and oxygen atoms in total. The van der Waals surface area contributed by atoms with E-state index in [0.29, 0.717) is 0 Å². The molecule has 0 heterocycles. The number of aliphatic hydroxyl groups excluding tert-OH is 1. The van der Waals surface area contributed by atoms with Gasteiger partial charge in [0.15, 0.2) is 0 Å². The molecule has 2 aromatic carbocycles. The van der Waals surface area contributed by atoms with Crippen LogP contribution < -0.4 is 0 Å². The molecule has 0 radical (unpaired) electrons. The van der Waals surface area contributed by atoms with Crippen LogP contribution in [0.25, 0.3) is 11.1 Å². The highest BCUT2D eigenvalue weighted by Crippen LogP contribution is 2.38. The highest BCUT2D eigenvalue weighted by atomic mass is 19.4. The molecule has 118 valence electrons. The summed E-state index contributed by atoms with van der Waals surface area (Å²) in [5, 5.41) is 9.02. The van der Waals surface area contributed by atoms with Crippen LogP contribution in [-0.4, -0.2) is 5.11 Å². The predicted octanol–water partition coefficient (Wildman–Crippen LogP) is 4.88. The zero-order chi connectivity index (χ0) is 16.5. The fourth-order valence-electron chi connectivity index (χ4n) is 2.01. The number of alkyl halides is 6. The first-order valence-electron chi connectivity index (χ1n) is 6.11. The molecule has 0 aromatic heterocycles. The minimum atomic E-state index is -4.65. The maximum absolute atomic E-state index is 13.0. The third-order valence-corrected chi connectivity index (χ3v) is 3.10. The number of hydrogen-bond donors (Lipinski definition) is 1. The second-order valence-corrected chi connectivity index (χ2v) is 4.61. The first-order valence-corrected chi connectivity index (χ1v) is 6.11. The van der Waals surface area contributed by atoms with Crippen molar-refractivity contribution in [1.82, 2.24) is 0 Å². The van der Waals surface area contributed by atoms with E-state index in [1.807, 2.05) is 0 Å². The van der Waals surface area contributed by atoms with Gasteiger partial charge in [-0.25, -0.2) is 0 Å². The summed E-state index contributed by atoms with van der Waals surface area (Å²) < 4.78 is 76.5. The normalized spacial score (nSPS) is 12.5. The highest BCUT2D eigenvalue weighted by Gasteiger charge is 2.34. The molecular weight excluding hydrogens is 310 g/mol. The van der Waals surface area contributed by atoms with Crippen molar-refractivity contribution in [3.63, 3.8) is 0 Å². The fourth-order valence-corrected chi connectivity index (χ4v) is 2.01. The molecular formula is C15H10F6O. The summed E-state index contributed by atoms with van der Waals surface area (Å²) in [6, 6.07) is 6.45. The molecule has 1 N–H and O–H groups in total. The first-order chi connectivity index (χ1) is 10.1. The van der Waals surface area contributed by atoms with Gasteiger partial charge in [-0.3, -0.25) is 0 Å². The molecule has 0 fully saturated rings. The van der Waals surface area contributed by atoms with E-state index in [-0.39, 0.29) is 16.7 Å². The first kappa shape index (κ1) is 16.4. The largest absolute Gasteiger partial charge is 0.417 e. The molecule has 22 heavy (non-hydrogen) atoms. The molecule has 0 aliphatic rings. The lowest BCUT2D eigenvalue weighted by Gasteiger charge is -2.15. The molecule has 0 aliphatic carbocycles. The van der Waals surface area contributed by atoms with Gasteiger partial charge in [-0.1, -0.05) is 18.2 Å². The molecule has 2 aromatic rings. The van der Waals surface area contributed by atoms with Gasteiger partial charge < -0.3 is 5.11 Å². The molecule has 0 bridgehead atoms. The second-order valence-electron chi connectivity index (χ2n) is 4.61. The minimum Gasteiger partial charge on any atom is -0.392 e. The van der Waals surface area contributed by atoms with E-state index in [0.717, 1.165) is 42.5 Å². The van der Waals surface area contributed by atoms with Gasteiger partial charge in [0.25, 0.3) is 0 Å². The molecule has 2 rings (SSSR count). The maximum atomic E-state index is 13.0. The number of aliphatic hydroxyl groups is 1. The third-order valence-electron chi connectivity index (χ3n) is 3.10. The van der Waals surface area contributed by atoms with Crippen LogP contribution in [0.3, 0.4) is 0 Å². The van der Waals surface area contributed by atoms with E-state index >= 15 is 0 Å². The summed E-state index contributed by atoms with van der Waals surface area (Å²) in [5.74, 6) is 0. The van der Waals surface area contributed by atoms with Crippen LogP contribution in [0.5, 0.6) is 0 Å². The molecule has 0 atom stereocenters. The fraction of sp³-hybridized carbons (Fsp3) is 0.200. The van der Waals surface area contributed by atoms with Gasteiger partial charge in [0.05, 0.1) is 17.7 Å². The Labute approximate surface area is 121 Å². The summed E-state index contributed by atoms with van der Waals surface area (Å²) in [7, 11) is 0. The molecule has 0 saturated heterocycles. The zero-order valence-corrected chi connectivity index (χ0v) is 11.0. The maximum Gasteiger partial charge on any atom is 0.417 e. The summed E-state index contributed by atoms with van der Waals surface area (Å²) >= 11 is 0. The minimum absolute atomic E-state index is 0.00405. The van der Waals surface area contributed by atoms with Crippen molar-refractivity contribution in [3.05, 3.63) is 59.2 Å². The van der Waals surface area contributed by atoms with Gasteiger partial charge in [-0.15, -0.1) is 0 Å². The SMILES string of the molecule is OCc1ccc(C(F)(F)F)c(-c2ccc(C(F)(F)F)cc2)c1. The topological polar surface area (TPSA) is 20.2 Å². The third kappa shape index (κ3) is 3.41. The van der Waals surface area contributed by atoms with Crippen LogP contribution in [0.2, 0.25) is 0 Å². The van der Waals surface area contributed by atoms with E-state index in [1.165, 1.54) is 0 Å². The molecule has 0 spiro atoms. The summed E-state index contributed by atoms with van der Waals surface area (Å²) in [4.78, 5) is 0. The van der Waals surface area contributed by atoms with Gasteiger partial charge in [0.1, 0.15) is 0 Å². The molecule has 0 saturated carbocycles. The van der Waals surface area contributed by atoms with Gasteiger partial charge in [-0.05, 0) is 41.0 Å². The average molecular weight is 320 g/mol. The van der Waals surface area contributed by atoms with Crippen molar-refractivity contribution in [1.29, 1.82) is 0 Å². The molecule has 0 unspecified atom stereocenters. The number of benzene rings is 2. The average Bonchev–Trinajstić information content (AvgIpc) is 2.45. The van der Waals surface area contributed by atoms with Gasteiger partial charge in [-0.2, -0.15) is 26.3 Å². The summed E-state index contributed by atoms with van der Waals surface area (Å²) in [6.07, 6.45) is -9.20. The van der Waals surface area contributed by atoms with E-state index in [1.54, 1.807) is 0 Å². The van der Waals surface area contributed by atoms with Crippen LogP contribution in [0.1, 0.15) is 16.7 Å². The monoisotopic (exact) mass is 320 g/mol. The van der Waals surface area contributed by atoms with Crippen LogP contribution >= 0.6 is 0 Å². The molecule has 0 amide bonds. The van der Waals surface area contributed by atoms with E-state index in [4.69, 9.17) is 5.11 Å². The lowest BCUT2D eigenvalue weighted by molar-refractivity contribution is -0.138. The Kier molecular flexibility index (Phi) is 4.19. The molecule has 0 aliphatic heterocycles. The van der Waals surface area contributed by atoms with Crippen LogP contribution in [0.4, 0.5) is 26.3 Å². The number of hydrogen-bond acceptors (Lipinski definition) is 1. The van der Waals surface area contributed by atoms with Gasteiger partial charge >= 0.3 is 12.4 Å². The van der Waals surface area contributed by atoms with Crippen molar-refractivity contribution >= 4 is 0 Å². The lowest BCUT2D eigenvalue weighted by atomic mass is 9.96. The highest BCUT2D eigenvalue weighted by molar-refractivity contribution is 5.69. The Bertz CT molecular complexity index is 655. The molecule has 7 heteroatoms. The van der Waals surface area contributed by atoms with Crippen LogP contribution in [0.15, 0.2) is 42.5 Å². The van der Waals surface area contributed by atoms with Crippen molar-refractivity contribution in [2.75, 3.05) is 0 Å². The number of halogens is 6. The Morgan fingerprint density at radius 1 is 0.773 bits per heavy atom. The predicted molar refractivity (Wildman–Crippen MR) is 67.8 cm³/mol. The smallest absolute Gasteiger partial charge is 0.392 e. The van der Waals surface area contributed by atoms with Gasteiger partial charge in [0, 0.05) is 0 Å².